The number of hydrogen-bond donors (Lipinski definition) is 0. The van der Waals surface area contributed by atoms with E-state index in [1.807, 2.05) is 0 Å². The minimum absolute atomic E-state index is 0.192. The van der Waals surface area contributed by atoms with Crippen LogP contribution in [0.1, 0.15) is 50.6 Å². The molecule has 0 radical (unpaired) electrons. The number of pyridine rings is 1. The van der Waals surface area contributed by atoms with E-state index < -0.39 is 17.1 Å². The van der Waals surface area contributed by atoms with Crippen molar-refractivity contribution in [3.8, 4) is 10.7 Å². The number of amides is 1. The zero-order valence-electron chi connectivity index (χ0n) is 18.7. The summed E-state index contributed by atoms with van der Waals surface area (Å²) in [6, 6.07) is 6.42. The third-order valence-electron chi connectivity index (χ3n) is 5.48. The number of ether oxygens (including phenoxy) is 1. The molecule has 7 nitrogen and oxygen atoms in total. The van der Waals surface area contributed by atoms with E-state index in [-0.39, 0.29) is 12.4 Å². The third-order valence-corrected chi connectivity index (χ3v) is 6.94. The molecule has 0 atom stereocenters. The number of carbonyl (C=O) groups is 1. The maximum atomic E-state index is 14.7. The van der Waals surface area contributed by atoms with Crippen LogP contribution in [-0.4, -0.2) is 38.4 Å². The molecular formula is C23H25ClFN5O2S. The number of thiazole rings is 1. The van der Waals surface area contributed by atoms with E-state index in [1.165, 1.54) is 22.3 Å². The normalized spacial score (nSPS) is 15.1. The first kappa shape index (κ1) is 23.5. The molecule has 0 bridgehead atoms. The largest absolute Gasteiger partial charge is 0.443 e. The Bertz CT molecular complexity index is 1130. The Morgan fingerprint density at radius 1 is 1.24 bits per heavy atom. The van der Waals surface area contributed by atoms with Crippen LogP contribution in [0, 0.1) is 5.82 Å². The second-order valence-corrected chi connectivity index (χ2v) is 10.5. The first-order valence-electron chi connectivity index (χ1n) is 10.7. The second kappa shape index (κ2) is 9.30. The fourth-order valence-corrected chi connectivity index (χ4v) is 4.74. The van der Waals surface area contributed by atoms with E-state index in [1.54, 1.807) is 51.4 Å². The Balaban J connectivity index is 1.66. The summed E-state index contributed by atoms with van der Waals surface area (Å²) < 4.78 is 20.3. The average molecular weight is 490 g/mol. The summed E-state index contributed by atoms with van der Waals surface area (Å²) in [5.74, 6) is 0.327. The molecule has 174 valence electrons. The molecule has 3 heterocycles. The van der Waals surface area contributed by atoms with Gasteiger partial charge in [0.2, 0.25) is 0 Å². The van der Waals surface area contributed by atoms with Gasteiger partial charge in [0.1, 0.15) is 22.1 Å². The van der Waals surface area contributed by atoms with Gasteiger partial charge < -0.3 is 4.74 Å². The Morgan fingerprint density at radius 2 is 2.03 bits per heavy atom. The number of carbonyl (C=O) groups excluding carboxylic acids is 1. The molecule has 0 unspecified atom stereocenters. The van der Waals surface area contributed by atoms with Gasteiger partial charge in [-0.2, -0.15) is 0 Å². The lowest BCUT2D eigenvalue weighted by Gasteiger charge is -2.44. The Hall–Kier alpha value is -2.65. The lowest BCUT2D eigenvalue weighted by molar-refractivity contribution is 0.0557. The van der Waals surface area contributed by atoms with Crippen LogP contribution in [0.4, 0.5) is 15.0 Å². The molecule has 3 aromatic heterocycles. The van der Waals surface area contributed by atoms with E-state index in [2.05, 4.69) is 20.2 Å². The fourth-order valence-electron chi connectivity index (χ4n) is 3.78. The van der Waals surface area contributed by atoms with E-state index in [9.17, 15) is 9.18 Å². The maximum Gasteiger partial charge on any atom is 0.416 e. The zero-order chi connectivity index (χ0) is 23.6. The Kier molecular flexibility index (Phi) is 6.63. The molecule has 3 aromatic rings. The molecule has 0 aliphatic heterocycles. The molecule has 33 heavy (non-hydrogen) atoms. The van der Waals surface area contributed by atoms with Gasteiger partial charge >= 0.3 is 6.09 Å². The highest BCUT2D eigenvalue weighted by molar-refractivity contribution is 7.15. The summed E-state index contributed by atoms with van der Waals surface area (Å²) >= 11 is 7.30. The summed E-state index contributed by atoms with van der Waals surface area (Å²) in [6.45, 7) is 5.59. The van der Waals surface area contributed by atoms with Crippen LogP contribution in [0.2, 0.25) is 0 Å². The molecule has 1 amide bonds. The molecule has 1 aliphatic carbocycles. The number of anilines is 1. The first-order chi connectivity index (χ1) is 15.7. The van der Waals surface area contributed by atoms with Crippen LogP contribution >= 0.6 is 22.9 Å². The second-order valence-electron chi connectivity index (χ2n) is 9.08. The number of hydrogen-bond acceptors (Lipinski definition) is 7. The van der Waals surface area contributed by atoms with Crippen molar-refractivity contribution >= 4 is 34.8 Å². The third kappa shape index (κ3) is 5.14. The van der Waals surface area contributed by atoms with Crippen molar-refractivity contribution in [1.29, 1.82) is 0 Å². The van der Waals surface area contributed by atoms with Crippen LogP contribution in [0.15, 0.2) is 36.7 Å². The number of aromatic nitrogens is 4. The van der Waals surface area contributed by atoms with Crippen LogP contribution in [0.3, 0.4) is 0 Å². The smallest absolute Gasteiger partial charge is 0.416 e. The standard InChI is InChI=1S/C23H25ClFN5O2S/c1-22(2,3)32-21(31)30(14-23(9-5-10-23)19-16(25)6-4-11-26-19)18-8-7-17(28-29-18)20-27-13-15(12-24)33-20/h4,6-8,11,13H,5,9-10,12,14H2,1-3H3. The van der Waals surface area contributed by atoms with Gasteiger partial charge in [0, 0.05) is 29.2 Å². The summed E-state index contributed by atoms with van der Waals surface area (Å²) in [4.78, 5) is 24.2. The summed E-state index contributed by atoms with van der Waals surface area (Å²) in [5, 5.41) is 9.27. The van der Waals surface area contributed by atoms with Crippen LogP contribution in [-0.2, 0) is 16.0 Å². The van der Waals surface area contributed by atoms with Crippen molar-refractivity contribution in [3.63, 3.8) is 0 Å². The number of alkyl halides is 1. The van der Waals surface area contributed by atoms with Gasteiger partial charge in [0.05, 0.1) is 11.6 Å². The average Bonchev–Trinajstić information content (AvgIpc) is 3.22. The van der Waals surface area contributed by atoms with Crippen molar-refractivity contribution in [3.05, 3.63) is 53.0 Å². The Morgan fingerprint density at radius 3 is 2.58 bits per heavy atom. The lowest BCUT2D eigenvalue weighted by Crippen LogP contribution is -2.50. The molecular weight excluding hydrogens is 465 g/mol. The predicted octanol–water partition coefficient (Wildman–Crippen LogP) is 5.74. The highest BCUT2D eigenvalue weighted by atomic mass is 35.5. The molecule has 0 spiro atoms. The van der Waals surface area contributed by atoms with Crippen molar-refractivity contribution < 1.29 is 13.9 Å². The van der Waals surface area contributed by atoms with Crippen molar-refractivity contribution in [1.82, 2.24) is 20.2 Å². The summed E-state index contributed by atoms with van der Waals surface area (Å²) in [6.07, 6.45) is 5.07. The van der Waals surface area contributed by atoms with E-state index >= 15 is 0 Å². The van der Waals surface area contributed by atoms with Gasteiger partial charge in [-0.25, -0.2) is 14.2 Å². The molecule has 0 aromatic carbocycles. The number of nitrogens with zero attached hydrogens (tertiary/aromatic N) is 5. The fraction of sp³-hybridized carbons (Fsp3) is 0.435. The molecule has 1 aliphatic rings. The van der Waals surface area contributed by atoms with Gasteiger partial charge in [-0.15, -0.1) is 33.1 Å². The van der Waals surface area contributed by atoms with Crippen molar-refractivity contribution in [2.24, 2.45) is 0 Å². The van der Waals surface area contributed by atoms with Crippen LogP contribution in [0.5, 0.6) is 0 Å². The topological polar surface area (TPSA) is 81.1 Å². The van der Waals surface area contributed by atoms with E-state index in [0.717, 1.165) is 11.3 Å². The quantitative estimate of drug-likeness (QED) is 0.411. The number of halogens is 2. The lowest BCUT2D eigenvalue weighted by atomic mass is 9.66. The van der Waals surface area contributed by atoms with Crippen LogP contribution < -0.4 is 4.90 Å². The minimum atomic E-state index is -0.704. The molecule has 10 heteroatoms. The molecule has 4 rings (SSSR count). The maximum absolute atomic E-state index is 14.7. The van der Waals surface area contributed by atoms with Crippen LogP contribution in [0.25, 0.3) is 10.7 Å². The summed E-state index contributed by atoms with van der Waals surface area (Å²) in [5.41, 5.74) is -0.360. The van der Waals surface area contributed by atoms with Gasteiger partial charge in [-0.1, -0.05) is 6.42 Å². The molecule has 0 saturated heterocycles. The molecule has 1 saturated carbocycles. The zero-order valence-corrected chi connectivity index (χ0v) is 20.3. The van der Waals surface area contributed by atoms with Gasteiger partial charge in [0.25, 0.3) is 0 Å². The monoisotopic (exact) mass is 489 g/mol. The summed E-state index contributed by atoms with van der Waals surface area (Å²) in [7, 11) is 0. The van der Waals surface area contributed by atoms with Gasteiger partial charge in [-0.05, 0) is 57.9 Å². The Labute approximate surface area is 201 Å². The highest BCUT2D eigenvalue weighted by Gasteiger charge is 2.45. The predicted molar refractivity (Wildman–Crippen MR) is 126 cm³/mol. The first-order valence-corrected chi connectivity index (χ1v) is 12.0. The van der Waals surface area contributed by atoms with Crippen molar-refractivity contribution in [2.45, 2.75) is 56.9 Å². The molecule has 0 N–H and O–H groups in total. The highest BCUT2D eigenvalue weighted by Crippen LogP contribution is 2.45. The van der Waals surface area contributed by atoms with E-state index in [4.69, 9.17) is 16.3 Å². The van der Waals surface area contributed by atoms with Gasteiger partial charge in [0.15, 0.2) is 5.82 Å². The SMILES string of the molecule is CC(C)(C)OC(=O)N(CC1(c2ncccc2F)CCC1)c1ccc(-c2ncc(CCl)s2)nn1. The molecule has 1 fully saturated rings. The number of rotatable bonds is 6. The minimum Gasteiger partial charge on any atom is -0.443 e. The van der Waals surface area contributed by atoms with Crippen molar-refractivity contribution in [2.75, 3.05) is 11.4 Å². The van der Waals surface area contributed by atoms with E-state index in [0.29, 0.717) is 40.9 Å². The van der Waals surface area contributed by atoms with Gasteiger partial charge in [-0.3, -0.25) is 9.88 Å².